The molecule has 1 rings (SSSR count). The molecule has 0 aromatic carbocycles. The summed E-state index contributed by atoms with van der Waals surface area (Å²) in [4.78, 5) is 2.30. The Balaban J connectivity index is 2.40. The van der Waals surface area contributed by atoms with Gasteiger partial charge >= 0.3 is 0 Å². The van der Waals surface area contributed by atoms with Gasteiger partial charge in [0.05, 0.1) is 6.61 Å². The van der Waals surface area contributed by atoms with Crippen LogP contribution in [0.1, 0.15) is 13.3 Å². The van der Waals surface area contributed by atoms with E-state index in [2.05, 4.69) is 25.9 Å². The summed E-state index contributed by atoms with van der Waals surface area (Å²) < 4.78 is 5.34. The van der Waals surface area contributed by atoms with Gasteiger partial charge in [0.1, 0.15) is 0 Å². The van der Waals surface area contributed by atoms with Gasteiger partial charge in [-0.25, -0.2) is 0 Å². The molecule has 2 nitrogen and oxygen atoms in total. The van der Waals surface area contributed by atoms with Crippen molar-refractivity contribution in [2.24, 2.45) is 5.92 Å². The van der Waals surface area contributed by atoms with Crippen molar-refractivity contribution in [1.82, 2.24) is 4.90 Å². The van der Waals surface area contributed by atoms with E-state index in [1.807, 2.05) is 0 Å². The van der Waals surface area contributed by atoms with Crippen molar-refractivity contribution in [3.8, 4) is 0 Å². The van der Waals surface area contributed by atoms with Crippen LogP contribution in [0.25, 0.3) is 0 Å². The maximum absolute atomic E-state index is 5.34. The van der Waals surface area contributed by atoms with Gasteiger partial charge in [0, 0.05) is 12.6 Å². The molecule has 2 heteroatoms. The van der Waals surface area contributed by atoms with Gasteiger partial charge in [0.2, 0.25) is 0 Å². The quantitative estimate of drug-likeness (QED) is 0.542. The first-order valence-corrected chi connectivity index (χ1v) is 3.96. The molecule has 60 valence electrons. The van der Waals surface area contributed by atoms with E-state index in [4.69, 9.17) is 4.74 Å². The third-order valence-electron chi connectivity index (χ3n) is 2.26. The second-order valence-electron chi connectivity index (χ2n) is 3.37. The number of rotatable bonds is 1. The third-order valence-corrected chi connectivity index (χ3v) is 2.26. The lowest BCUT2D eigenvalue weighted by atomic mass is 9.97. The highest BCUT2D eigenvalue weighted by Gasteiger charge is 2.22. The maximum atomic E-state index is 5.34. The molecule has 0 N–H and O–H groups in total. The summed E-state index contributed by atoms with van der Waals surface area (Å²) in [5.74, 6) is 0.698. The molecule has 10 heavy (non-hydrogen) atoms. The van der Waals surface area contributed by atoms with Crippen molar-refractivity contribution in [3.63, 3.8) is 0 Å². The molecule has 2 atom stereocenters. The molecule has 0 aromatic heterocycles. The lowest BCUT2D eigenvalue weighted by molar-refractivity contribution is 0.00949. The Bertz CT molecular complexity index is 103. The summed E-state index contributed by atoms with van der Waals surface area (Å²) in [6.45, 7) is 4.12. The van der Waals surface area contributed by atoms with Crippen LogP contribution in [-0.4, -0.2) is 38.3 Å². The summed E-state index contributed by atoms with van der Waals surface area (Å²) in [6.07, 6.45) is 1.19. The molecular weight excluding hydrogens is 126 g/mol. The van der Waals surface area contributed by atoms with Gasteiger partial charge in [0.25, 0.3) is 0 Å². The Hall–Kier alpha value is -0.0800. The standard InChI is InChI=1S/C8H17NO/c1-7-6-10-5-4-8(7)9(2)3/h7-8H,4-6H2,1-3H3. The molecule has 0 spiro atoms. The normalized spacial score (nSPS) is 34.8. The van der Waals surface area contributed by atoms with Crippen LogP contribution in [-0.2, 0) is 4.74 Å². The molecule has 2 unspecified atom stereocenters. The monoisotopic (exact) mass is 143 g/mol. The molecule has 1 aliphatic rings. The van der Waals surface area contributed by atoms with Crippen LogP contribution >= 0.6 is 0 Å². The summed E-state index contributed by atoms with van der Waals surface area (Å²) in [6, 6.07) is 0.730. The summed E-state index contributed by atoms with van der Waals surface area (Å²) in [7, 11) is 4.29. The smallest absolute Gasteiger partial charge is 0.0506 e. The first-order chi connectivity index (χ1) is 4.72. The predicted octanol–water partition coefficient (Wildman–Crippen LogP) is 0.973. The Morgan fingerprint density at radius 2 is 2.10 bits per heavy atom. The van der Waals surface area contributed by atoms with E-state index in [0.717, 1.165) is 19.3 Å². The first kappa shape index (κ1) is 8.02. The van der Waals surface area contributed by atoms with Crippen molar-refractivity contribution in [1.29, 1.82) is 0 Å². The average Bonchev–Trinajstić information content (AvgIpc) is 1.88. The summed E-state index contributed by atoms with van der Waals surface area (Å²) >= 11 is 0. The lowest BCUT2D eigenvalue weighted by Crippen LogP contribution is -2.40. The van der Waals surface area contributed by atoms with Crippen LogP contribution in [0, 0.1) is 5.92 Å². The first-order valence-electron chi connectivity index (χ1n) is 3.96. The molecule has 1 fully saturated rings. The van der Waals surface area contributed by atoms with Gasteiger partial charge in [-0.05, 0) is 26.4 Å². The maximum Gasteiger partial charge on any atom is 0.0506 e. The van der Waals surface area contributed by atoms with E-state index in [0.29, 0.717) is 5.92 Å². The SMILES string of the molecule is CC1COCCC1N(C)C. The van der Waals surface area contributed by atoms with Gasteiger partial charge in [0.15, 0.2) is 0 Å². The zero-order chi connectivity index (χ0) is 7.56. The fraction of sp³-hybridized carbons (Fsp3) is 1.00. The molecule has 1 aliphatic heterocycles. The molecule has 0 bridgehead atoms. The van der Waals surface area contributed by atoms with E-state index in [9.17, 15) is 0 Å². The zero-order valence-corrected chi connectivity index (χ0v) is 7.13. The predicted molar refractivity (Wildman–Crippen MR) is 42.1 cm³/mol. The third kappa shape index (κ3) is 1.70. The molecule has 0 aromatic rings. The van der Waals surface area contributed by atoms with Crippen LogP contribution in [0.2, 0.25) is 0 Å². The van der Waals surface area contributed by atoms with Crippen molar-refractivity contribution < 1.29 is 4.74 Å². The molecule has 1 saturated heterocycles. The molecule has 0 saturated carbocycles. The Kier molecular flexibility index (Phi) is 2.69. The molecule has 0 aliphatic carbocycles. The number of nitrogens with zero attached hydrogens (tertiary/aromatic N) is 1. The highest BCUT2D eigenvalue weighted by Crippen LogP contribution is 2.17. The minimum atomic E-state index is 0.698. The number of hydrogen-bond acceptors (Lipinski definition) is 2. The summed E-state index contributed by atoms with van der Waals surface area (Å²) in [5, 5.41) is 0. The van der Waals surface area contributed by atoms with Crippen LogP contribution in [0.5, 0.6) is 0 Å². The van der Waals surface area contributed by atoms with E-state index in [1.165, 1.54) is 6.42 Å². The number of hydrogen-bond donors (Lipinski definition) is 0. The largest absolute Gasteiger partial charge is 0.381 e. The van der Waals surface area contributed by atoms with Gasteiger partial charge in [-0.2, -0.15) is 0 Å². The molecular formula is C8H17NO. The molecule has 0 radical (unpaired) electrons. The van der Waals surface area contributed by atoms with Crippen molar-refractivity contribution >= 4 is 0 Å². The van der Waals surface area contributed by atoms with E-state index < -0.39 is 0 Å². The van der Waals surface area contributed by atoms with E-state index in [1.54, 1.807) is 0 Å². The topological polar surface area (TPSA) is 12.5 Å². The van der Waals surface area contributed by atoms with E-state index in [-0.39, 0.29) is 0 Å². The minimum Gasteiger partial charge on any atom is -0.381 e. The van der Waals surface area contributed by atoms with Crippen LogP contribution < -0.4 is 0 Å². The number of ether oxygens (including phenoxy) is 1. The van der Waals surface area contributed by atoms with E-state index >= 15 is 0 Å². The zero-order valence-electron chi connectivity index (χ0n) is 7.13. The van der Waals surface area contributed by atoms with Gasteiger partial charge in [-0.3, -0.25) is 0 Å². The van der Waals surface area contributed by atoms with Crippen molar-refractivity contribution in [2.75, 3.05) is 27.3 Å². The van der Waals surface area contributed by atoms with Gasteiger partial charge in [-0.1, -0.05) is 6.92 Å². The highest BCUT2D eigenvalue weighted by molar-refractivity contribution is 4.75. The Morgan fingerprint density at radius 3 is 2.50 bits per heavy atom. The van der Waals surface area contributed by atoms with Gasteiger partial charge in [-0.15, -0.1) is 0 Å². The van der Waals surface area contributed by atoms with Crippen LogP contribution in [0.4, 0.5) is 0 Å². The Labute approximate surface area is 63.2 Å². The molecule has 0 amide bonds. The van der Waals surface area contributed by atoms with Crippen LogP contribution in [0.15, 0.2) is 0 Å². The lowest BCUT2D eigenvalue weighted by Gasteiger charge is -2.33. The Morgan fingerprint density at radius 1 is 1.40 bits per heavy atom. The second kappa shape index (κ2) is 3.35. The fourth-order valence-electron chi connectivity index (χ4n) is 1.64. The van der Waals surface area contributed by atoms with Crippen molar-refractivity contribution in [2.45, 2.75) is 19.4 Å². The van der Waals surface area contributed by atoms with Crippen molar-refractivity contribution in [3.05, 3.63) is 0 Å². The minimum absolute atomic E-state index is 0.698. The average molecular weight is 143 g/mol. The summed E-state index contributed by atoms with van der Waals surface area (Å²) in [5.41, 5.74) is 0. The van der Waals surface area contributed by atoms with Gasteiger partial charge < -0.3 is 9.64 Å². The molecule has 1 heterocycles. The van der Waals surface area contributed by atoms with Crippen LogP contribution in [0.3, 0.4) is 0 Å². The fourth-order valence-corrected chi connectivity index (χ4v) is 1.64. The highest BCUT2D eigenvalue weighted by atomic mass is 16.5. The second-order valence-corrected chi connectivity index (χ2v) is 3.37.